The number of benzene rings is 1. The molecule has 1 aromatic rings. The van der Waals surface area contributed by atoms with Gasteiger partial charge < -0.3 is 5.32 Å². The highest BCUT2D eigenvalue weighted by Gasteiger charge is 2.23. The zero-order valence-corrected chi connectivity index (χ0v) is 12.3. The Morgan fingerprint density at radius 2 is 2.15 bits per heavy atom. The summed E-state index contributed by atoms with van der Waals surface area (Å²) in [5, 5.41) is 3.47. The first-order chi connectivity index (χ1) is 9.54. The minimum atomic E-state index is -0.365. The molecule has 0 aromatic heterocycles. The van der Waals surface area contributed by atoms with Crippen LogP contribution in [-0.2, 0) is 6.54 Å². The third-order valence-electron chi connectivity index (χ3n) is 3.76. The number of hydrogen-bond acceptors (Lipinski definition) is 2. The SMILES string of the molecule is CC(C)CNCC1CCN(Cc2cc(F)ccc2F)C1. The molecule has 1 N–H and O–H groups in total. The lowest BCUT2D eigenvalue weighted by molar-refractivity contribution is 0.308. The van der Waals surface area contributed by atoms with Crippen molar-refractivity contribution in [3.05, 3.63) is 35.4 Å². The lowest BCUT2D eigenvalue weighted by Crippen LogP contribution is -2.28. The molecule has 1 aliphatic heterocycles. The molecule has 0 radical (unpaired) electrons. The lowest BCUT2D eigenvalue weighted by Gasteiger charge is -2.17. The molecule has 1 unspecified atom stereocenters. The summed E-state index contributed by atoms with van der Waals surface area (Å²) in [6.45, 7) is 8.87. The third-order valence-corrected chi connectivity index (χ3v) is 3.76. The van der Waals surface area contributed by atoms with Gasteiger partial charge in [0.15, 0.2) is 0 Å². The second-order valence-corrected chi connectivity index (χ2v) is 6.18. The maximum absolute atomic E-state index is 13.6. The van der Waals surface area contributed by atoms with Crippen LogP contribution >= 0.6 is 0 Å². The van der Waals surface area contributed by atoms with Crippen molar-refractivity contribution in [3.63, 3.8) is 0 Å². The van der Waals surface area contributed by atoms with Gasteiger partial charge in [-0.3, -0.25) is 4.90 Å². The fourth-order valence-corrected chi connectivity index (χ4v) is 2.70. The van der Waals surface area contributed by atoms with Crippen molar-refractivity contribution in [2.75, 3.05) is 26.2 Å². The number of halogens is 2. The Morgan fingerprint density at radius 1 is 1.35 bits per heavy atom. The molecule has 0 saturated carbocycles. The van der Waals surface area contributed by atoms with E-state index < -0.39 is 0 Å². The van der Waals surface area contributed by atoms with Crippen LogP contribution in [0.3, 0.4) is 0 Å². The summed E-state index contributed by atoms with van der Waals surface area (Å²) in [5.74, 6) is 0.600. The number of likely N-dealkylation sites (tertiary alicyclic amines) is 1. The fraction of sp³-hybridized carbons (Fsp3) is 0.625. The highest BCUT2D eigenvalue weighted by molar-refractivity contribution is 5.18. The van der Waals surface area contributed by atoms with Crippen molar-refractivity contribution in [2.45, 2.75) is 26.8 Å². The van der Waals surface area contributed by atoms with Crippen molar-refractivity contribution in [1.82, 2.24) is 10.2 Å². The lowest BCUT2D eigenvalue weighted by atomic mass is 10.1. The van der Waals surface area contributed by atoms with E-state index in [0.717, 1.165) is 32.6 Å². The van der Waals surface area contributed by atoms with Crippen LogP contribution < -0.4 is 5.32 Å². The van der Waals surface area contributed by atoms with Crippen molar-refractivity contribution in [1.29, 1.82) is 0 Å². The summed E-state index contributed by atoms with van der Waals surface area (Å²) in [5.41, 5.74) is 0.459. The van der Waals surface area contributed by atoms with Gasteiger partial charge in [-0.2, -0.15) is 0 Å². The first-order valence-corrected chi connectivity index (χ1v) is 7.41. The molecule has 1 aromatic carbocycles. The molecule has 2 rings (SSSR count). The second kappa shape index (κ2) is 7.14. The summed E-state index contributed by atoms with van der Waals surface area (Å²) in [4.78, 5) is 2.21. The molecule has 112 valence electrons. The molecule has 1 saturated heterocycles. The molecule has 0 aliphatic carbocycles. The molecule has 0 spiro atoms. The van der Waals surface area contributed by atoms with Crippen molar-refractivity contribution < 1.29 is 8.78 Å². The van der Waals surface area contributed by atoms with Gasteiger partial charge in [-0.25, -0.2) is 8.78 Å². The Balaban J connectivity index is 1.79. The van der Waals surface area contributed by atoms with E-state index in [0.29, 0.717) is 23.9 Å². The van der Waals surface area contributed by atoms with Crippen LogP contribution in [0, 0.1) is 23.5 Å². The van der Waals surface area contributed by atoms with Gasteiger partial charge in [0.25, 0.3) is 0 Å². The molecule has 0 amide bonds. The average Bonchev–Trinajstić information content (AvgIpc) is 2.81. The van der Waals surface area contributed by atoms with Gasteiger partial charge >= 0.3 is 0 Å². The first-order valence-electron chi connectivity index (χ1n) is 7.41. The van der Waals surface area contributed by atoms with E-state index in [1.54, 1.807) is 0 Å². The smallest absolute Gasteiger partial charge is 0.127 e. The monoisotopic (exact) mass is 282 g/mol. The second-order valence-electron chi connectivity index (χ2n) is 6.18. The highest BCUT2D eigenvalue weighted by Crippen LogP contribution is 2.20. The van der Waals surface area contributed by atoms with E-state index >= 15 is 0 Å². The topological polar surface area (TPSA) is 15.3 Å². The quantitative estimate of drug-likeness (QED) is 0.863. The predicted octanol–water partition coefficient (Wildman–Crippen LogP) is 3.03. The molecular formula is C16H24F2N2. The van der Waals surface area contributed by atoms with Gasteiger partial charge in [0, 0.05) is 18.7 Å². The van der Waals surface area contributed by atoms with Gasteiger partial charge in [-0.05, 0) is 56.1 Å². The summed E-state index contributed by atoms with van der Waals surface area (Å²) in [6, 6.07) is 3.68. The van der Waals surface area contributed by atoms with Crippen LogP contribution in [-0.4, -0.2) is 31.1 Å². The normalized spacial score (nSPS) is 19.9. The summed E-state index contributed by atoms with van der Waals surface area (Å²) in [7, 11) is 0. The molecule has 0 bridgehead atoms. The summed E-state index contributed by atoms with van der Waals surface area (Å²) >= 11 is 0. The Morgan fingerprint density at radius 3 is 2.90 bits per heavy atom. The minimum absolute atomic E-state index is 0.312. The van der Waals surface area contributed by atoms with Gasteiger partial charge in [0.1, 0.15) is 11.6 Å². The van der Waals surface area contributed by atoms with Crippen LogP contribution in [0.2, 0.25) is 0 Å². The summed E-state index contributed by atoms with van der Waals surface area (Å²) in [6.07, 6.45) is 1.13. The molecular weight excluding hydrogens is 258 g/mol. The van der Waals surface area contributed by atoms with E-state index in [1.165, 1.54) is 18.2 Å². The van der Waals surface area contributed by atoms with Gasteiger partial charge in [-0.1, -0.05) is 13.8 Å². The molecule has 4 heteroatoms. The number of nitrogens with one attached hydrogen (secondary N) is 1. The molecule has 1 heterocycles. The maximum atomic E-state index is 13.6. The third kappa shape index (κ3) is 4.53. The maximum Gasteiger partial charge on any atom is 0.127 e. The van der Waals surface area contributed by atoms with Crippen molar-refractivity contribution >= 4 is 0 Å². The zero-order chi connectivity index (χ0) is 14.5. The molecule has 20 heavy (non-hydrogen) atoms. The van der Waals surface area contributed by atoms with Crippen LogP contribution in [0.25, 0.3) is 0 Å². The van der Waals surface area contributed by atoms with Crippen molar-refractivity contribution in [3.8, 4) is 0 Å². The molecule has 2 nitrogen and oxygen atoms in total. The van der Waals surface area contributed by atoms with E-state index in [9.17, 15) is 8.78 Å². The molecule has 1 aliphatic rings. The van der Waals surface area contributed by atoms with Gasteiger partial charge in [0.05, 0.1) is 0 Å². The highest BCUT2D eigenvalue weighted by atomic mass is 19.1. The Kier molecular flexibility index (Phi) is 5.49. The van der Waals surface area contributed by atoms with E-state index in [1.807, 2.05) is 0 Å². The minimum Gasteiger partial charge on any atom is -0.316 e. The average molecular weight is 282 g/mol. The van der Waals surface area contributed by atoms with Crippen LogP contribution in [0.1, 0.15) is 25.8 Å². The number of nitrogens with zero attached hydrogens (tertiary/aromatic N) is 1. The van der Waals surface area contributed by atoms with Crippen LogP contribution in [0.15, 0.2) is 18.2 Å². The molecule has 1 atom stereocenters. The first kappa shape index (κ1) is 15.4. The fourth-order valence-electron chi connectivity index (χ4n) is 2.70. The van der Waals surface area contributed by atoms with Crippen LogP contribution in [0.5, 0.6) is 0 Å². The standard InChI is InChI=1S/C16H24F2N2/c1-12(2)8-19-9-13-5-6-20(10-13)11-14-7-15(17)3-4-16(14)18/h3-4,7,12-13,19H,5-6,8-11H2,1-2H3. The van der Waals surface area contributed by atoms with Crippen LogP contribution in [0.4, 0.5) is 8.78 Å². The van der Waals surface area contributed by atoms with E-state index in [2.05, 4.69) is 24.1 Å². The summed E-state index contributed by atoms with van der Waals surface area (Å²) < 4.78 is 26.8. The Labute approximate surface area is 120 Å². The largest absolute Gasteiger partial charge is 0.316 e. The van der Waals surface area contributed by atoms with E-state index in [-0.39, 0.29) is 11.6 Å². The van der Waals surface area contributed by atoms with E-state index in [4.69, 9.17) is 0 Å². The Bertz CT molecular complexity index is 434. The number of hydrogen-bond donors (Lipinski definition) is 1. The van der Waals surface area contributed by atoms with Gasteiger partial charge in [0.2, 0.25) is 0 Å². The number of rotatable bonds is 6. The zero-order valence-electron chi connectivity index (χ0n) is 12.3. The Hall–Kier alpha value is -1.00. The molecule has 1 fully saturated rings. The van der Waals surface area contributed by atoms with Crippen molar-refractivity contribution in [2.24, 2.45) is 11.8 Å². The van der Waals surface area contributed by atoms with Gasteiger partial charge in [-0.15, -0.1) is 0 Å². The predicted molar refractivity (Wildman–Crippen MR) is 77.4 cm³/mol.